The van der Waals surface area contributed by atoms with Crippen LogP contribution in [0, 0.1) is 6.92 Å². The molecule has 0 spiro atoms. The number of ether oxygens (including phenoxy) is 1. The normalized spacial score (nSPS) is 15.4. The number of Topliss-reactive ketones (excluding diaryl/α,β-unsaturated/α-hetero) is 1. The van der Waals surface area contributed by atoms with E-state index in [9.17, 15) is 4.79 Å². The largest absolute Gasteiger partial charge is 0.473 e. The SMILES string of the molecule is CCc1cc(-c2cc(C)c3ncnn3c2)cc2[nH]nc(OC3CCC(=O)CC3)c12. The van der Waals surface area contributed by atoms with Crippen molar-refractivity contribution < 1.29 is 9.53 Å². The number of pyridine rings is 1. The maximum atomic E-state index is 11.5. The van der Waals surface area contributed by atoms with Gasteiger partial charge >= 0.3 is 0 Å². The molecule has 0 radical (unpaired) electrons. The molecule has 3 aromatic heterocycles. The average Bonchev–Trinajstić information content (AvgIpc) is 3.36. The lowest BCUT2D eigenvalue weighted by atomic mass is 9.96. The zero-order valence-electron chi connectivity index (χ0n) is 16.6. The van der Waals surface area contributed by atoms with E-state index < -0.39 is 0 Å². The molecule has 3 heterocycles. The molecule has 0 amide bonds. The first-order valence-electron chi connectivity index (χ1n) is 10.1. The molecule has 0 atom stereocenters. The van der Waals surface area contributed by atoms with Crippen molar-refractivity contribution in [2.45, 2.75) is 52.1 Å². The highest BCUT2D eigenvalue weighted by atomic mass is 16.5. The average molecular weight is 389 g/mol. The van der Waals surface area contributed by atoms with Gasteiger partial charge in [-0.3, -0.25) is 9.89 Å². The minimum absolute atomic E-state index is 0.0564. The van der Waals surface area contributed by atoms with Crippen LogP contribution in [0.2, 0.25) is 0 Å². The third kappa shape index (κ3) is 3.16. The zero-order valence-corrected chi connectivity index (χ0v) is 16.6. The number of nitrogens with one attached hydrogen (secondary N) is 1. The first-order valence-corrected chi connectivity index (χ1v) is 10.1. The molecule has 1 aliphatic rings. The Labute approximate surface area is 168 Å². The summed E-state index contributed by atoms with van der Waals surface area (Å²) >= 11 is 0. The molecule has 4 aromatic rings. The first-order chi connectivity index (χ1) is 14.1. The van der Waals surface area contributed by atoms with E-state index in [1.807, 2.05) is 17.6 Å². The lowest BCUT2D eigenvalue weighted by molar-refractivity contribution is -0.121. The lowest BCUT2D eigenvalue weighted by Gasteiger charge is -2.21. The molecule has 0 unspecified atom stereocenters. The third-order valence-electron chi connectivity index (χ3n) is 5.75. The number of carbonyl (C=O) groups is 1. The molecule has 0 aliphatic heterocycles. The Balaban J connectivity index is 1.54. The van der Waals surface area contributed by atoms with Crippen LogP contribution >= 0.6 is 0 Å². The number of aromatic amines is 1. The molecule has 29 heavy (non-hydrogen) atoms. The van der Waals surface area contributed by atoms with Gasteiger partial charge in [0.2, 0.25) is 5.88 Å². The van der Waals surface area contributed by atoms with Gasteiger partial charge in [0, 0.05) is 24.6 Å². The van der Waals surface area contributed by atoms with Crippen LogP contribution in [0.15, 0.2) is 30.7 Å². The second-order valence-corrected chi connectivity index (χ2v) is 7.74. The van der Waals surface area contributed by atoms with Gasteiger partial charge in [0.05, 0.1) is 10.9 Å². The fourth-order valence-electron chi connectivity index (χ4n) is 4.18. The second kappa shape index (κ2) is 6.99. The van der Waals surface area contributed by atoms with Crippen LogP contribution in [0.4, 0.5) is 0 Å². The second-order valence-electron chi connectivity index (χ2n) is 7.74. The number of ketones is 1. The number of aryl methyl sites for hydroxylation is 2. The summed E-state index contributed by atoms with van der Waals surface area (Å²) in [5.41, 5.74) is 6.28. The van der Waals surface area contributed by atoms with Crippen LogP contribution in [0.25, 0.3) is 27.7 Å². The predicted molar refractivity (Wildman–Crippen MR) is 110 cm³/mol. The van der Waals surface area contributed by atoms with E-state index in [-0.39, 0.29) is 6.10 Å². The summed E-state index contributed by atoms with van der Waals surface area (Å²) in [5, 5.41) is 12.9. The quantitative estimate of drug-likeness (QED) is 0.569. The number of nitrogens with zero attached hydrogens (tertiary/aromatic N) is 4. The van der Waals surface area contributed by atoms with E-state index in [0.717, 1.165) is 52.5 Å². The lowest BCUT2D eigenvalue weighted by Crippen LogP contribution is -2.24. The van der Waals surface area contributed by atoms with Gasteiger partial charge in [-0.05, 0) is 55.0 Å². The van der Waals surface area contributed by atoms with Gasteiger partial charge in [0.15, 0.2) is 5.65 Å². The van der Waals surface area contributed by atoms with Crippen LogP contribution in [0.3, 0.4) is 0 Å². The number of fused-ring (bicyclic) bond motifs is 2. The van der Waals surface area contributed by atoms with Crippen LogP contribution in [-0.2, 0) is 11.2 Å². The fourth-order valence-corrected chi connectivity index (χ4v) is 4.18. The minimum Gasteiger partial charge on any atom is -0.473 e. The summed E-state index contributed by atoms with van der Waals surface area (Å²) in [5.74, 6) is 0.973. The highest BCUT2D eigenvalue weighted by Crippen LogP contribution is 2.34. The summed E-state index contributed by atoms with van der Waals surface area (Å²) in [4.78, 5) is 15.8. The van der Waals surface area contributed by atoms with Crippen LogP contribution in [-0.4, -0.2) is 36.7 Å². The van der Waals surface area contributed by atoms with E-state index in [2.05, 4.69) is 45.4 Å². The highest BCUT2D eigenvalue weighted by molar-refractivity contribution is 5.91. The van der Waals surface area contributed by atoms with Crippen molar-refractivity contribution in [1.29, 1.82) is 0 Å². The van der Waals surface area contributed by atoms with Crippen molar-refractivity contribution in [3.8, 4) is 17.0 Å². The monoisotopic (exact) mass is 389 g/mol. The van der Waals surface area contributed by atoms with E-state index in [4.69, 9.17) is 4.74 Å². The number of hydrogen-bond acceptors (Lipinski definition) is 5. The van der Waals surface area contributed by atoms with Gasteiger partial charge in [0.25, 0.3) is 0 Å². The smallest absolute Gasteiger partial charge is 0.241 e. The molecule has 1 aromatic carbocycles. The van der Waals surface area contributed by atoms with Crippen LogP contribution < -0.4 is 4.74 Å². The van der Waals surface area contributed by atoms with Crippen LogP contribution in [0.1, 0.15) is 43.7 Å². The van der Waals surface area contributed by atoms with Gasteiger partial charge in [-0.25, -0.2) is 9.50 Å². The number of hydrogen-bond donors (Lipinski definition) is 1. The van der Waals surface area contributed by atoms with E-state index in [1.165, 1.54) is 5.56 Å². The Morgan fingerprint density at radius 3 is 2.83 bits per heavy atom. The van der Waals surface area contributed by atoms with Crippen molar-refractivity contribution in [2.75, 3.05) is 0 Å². The Kier molecular flexibility index (Phi) is 4.30. The van der Waals surface area contributed by atoms with E-state index in [0.29, 0.717) is 24.5 Å². The van der Waals surface area contributed by atoms with Gasteiger partial charge in [-0.2, -0.15) is 5.10 Å². The fraction of sp³-hybridized carbons (Fsp3) is 0.364. The number of benzene rings is 1. The topological polar surface area (TPSA) is 85.2 Å². The van der Waals surface area contributed by atoms with Crippen molar-refractivity contribution in [1.82, 2.24) is 24.8 Å². The maximum absolute atomic E-state index is 11.5. The Morgan fingerprint density at radius 2 is 2.03 bits per heavy atom. The minimum atomic E-state index is 0.0564. The van der Waals surface area contributed by atoms with E-state index in [1.54, 1.807) is 6.33 Å². The molecule has 0 saturated heterocycles. The Morgan fingerprint density at radius 1 is 1.21 bits per heavy atom. The van der Waals surface area contributed by atoms with Gasteiger partial charge in [-0.1, -0.05) is 13.0 Å². The van der Waals surface area contributed by atoms with Gasteiger partial charge in [0.1, 0.15) is 18.2 Å². The Hall–Kier alpha value is -3.22. The molecule has 7 nitrogen and oxygen atoms in total. The zero-order chi connectivity index (χ0) is 20.0. The number of rotatable bonds is 4. The number of H-pyrrole nitrogens is 1. The molecule has 7 heteroatoms. The molecule has 148 valence electrons. The first kappa shape index (κ1) is 17.8. The molecule has 1 aliphatic carbocycles. The summed E-state index contributed by atoms with van der Waals surface area (Å²) in [7, 11) is 0. The van der Waals surface area contributed by atoms with E-state index >= 15 is 0 Å². The van der Waals surface area contributed by atoms with Gasteiger partial charge in [-0.15, -0.1) is 5.10 Å². The molecule has 0 bridgehead atoms. The van der Waals surface area contributed by atoms with Gasteiger partial charge < -0.3 is 4.74 Å². The number of aromatic nitrogens is 5. The molecule has 1 saturated carbocycles. The van der Waals surface area contributed by atoms with Crippen molar-refractivity contribution in [3.63, 3.8) is 0 Å². The van der Waals surface area contributed by atoms with Crippen LogP contribution in [0.5, 0.6) is 5.88 Å². The highest BCUT2D eigenvalue weighted by Gasteiger charge is 2.23. The summed E-state index contributed by atoms with van der Waals surface area (Å²) in [6.07, 6.45) is 7.24. The summed E-state index contributed by atoms with van der Waals surface area (Å²) < 4.78 is 8.01. The molecular weight excluding hydrogens is 366 g/mol. The summed E-state index contributed by atoms with van der Waals surface area (Å²) in [6.45, 7) is 4.18. The van der Waals surface area contributed by atoms with Crippen molar-refractivity contribution >= 4 is 22.3 Å². The van der Waals surface area contributed by atoms with Crippen molar-refractivity contribution in [3.05, 3.63) is 41.9 Å². The Bertz CT molecular complexity index is 1210. The predicted octanol–water partition coefficient (Wildman–Crippen LogP) is 4.03. The molecule has 1 N–H and O–H groups in total. The van der Waals surface area contributed by atoms with Crippen molar-refractivity contribution in [2.24, 2.45) is 0 Å². The standard InChI is InChI=1S/C22H23N5O2/c1-3-14-9-15(16-8-13(2)21-23-12-24-27(21)11-16)10-19-20(14)22(26-25-19)29-18-6-4-17(28)5-7-18/h8-12,18H,3-7H2,1-2H3,(H,25,26). The maximum Gasteiger partial charge on any atom is 0.241 e. The third-order valence-corrected chi connectivity index (χ3v) is 5.75. The molecule has 5 rings (SSSR count). The number of carbonyl (C=O) groups excluding carboxylic acids is 1. The summed E-state index contributed by atoms with van der Waals surface area (Å²) in [6, 6.07) is 6.44. The molecular formula is C22H23N5O2. The molecule has 1 fully saturated rings.